The molecule has 1 aromatic heterocycles. The number of carbonyl (C=O) groups excluding carboxylic acids is 1. The molecule has 0 aliphatic carbocycles. The number of nitrogens with one attached hydrogen (secondary N) is 1. The van der Waals surface area contributed by atoms with E-state index in [-0.39, 0.29) is 12.5 Å². The highest BCUT2D eigenvalue weighted by Crippen LogP contribution is 2.26. The summed E-state index contributed by atoms with van der Waals surface area (Å²) in [5.74, 6) is 0.379. The smallest absolute Gasteiger partial charge is 0.264 e. The number of aromatic nitrogens is 1. The Morgan fingerprint density at radius 1 is 1.17 bits per heavy atom. The monoisotopic (exact) mass is 422 g/mol. The van der Waals surface area contributed by atoms with E-state index in [0.717, 1.165) is 15.7 Å². The second-order valence-corrected chi connectivity index (χ2v) is 7.05. The van der Waals surface area contributed by atoms with Crippen LogP contribution in [0.3, 0.4) is 0 Å². The van der Waals surface area contributed by atoms with Gasteiger partial charge in [0, 0.05) is 20.4 Å². The second-order valence-electron chi connectivity index (χ2n) is 4.84. The van der Waals surface area contributed by atoms with Gasteiger partial charge in [0.2, 0.25) is 0 Å². The van der Waals surface area contributed by atoms with E-state index in [9.17, 15) is 4.79 Å². The standard InChI is InChI=1S/C17H12BrClN2O2S/c18-12-3-7-14(8-4-12)23-9-16(22)21-17-20-15(10-24-17)11-1-5-13(19)6-2-11/h1-8,10H,9H2,(H,20,21,22). The predicted octanol–water partition coefficient (Wildman–Crippen LogP) is 5.24. The molecular formula is C17H12BrClN2O2S. The highest BCUT2D eigenvalue weighted by molar-refractivity contribution is 9.10. The third kappa shape index (κ3) is 4.56. The largest absolute Gasteiger partial charge is 0.484 e. The summed E-state index contributed by atoms with van der Waals surface area (Å²) in [5.41, 5.74) is 1.74. The van der Waals surface area contributed by atoms with Crippen LogP contribution in [0.5, 0.6) is 5.75 Å². The van der Waals surface area contributed by atoms with Crippen LogP contribution in [0.1, 0.15) is 0 Å². The van der Waals surface area contributed by atoms with Crippen LogP contribution in [-0.4, -0.2) is 17.5 Å². The van der Waals surface area contributed by atoms with Crippen LogP contribution in [0.15, 0.2) is 58.4 Å². The van der Waals surface area contributed by atoms with Crippen LogP contribution in [-0.2, 0) is 4.79 Å². The Morgan fingerprint density at radius 3 is 2.58 bits per heavy atom. The highest BCUT2D eigenvalue weighted by atomic mass is 79.9. The second kappa shape index (κ2) is 7.79. The number of hydrogen-bond donors (Lipinski definition) is 1. The number of nitrogens with zero attached hydrogens (tertiary/aromatic N) is 1. The summed E-state index contributed by atoms with van der Waals surface area (Å²) < 4.78 is 6.38. The number of hydrogen-bond acceptors (Lipinski definition) is 4. The quantitative estimate of drug-likeness (QED) is 0.610. The molecule has 0 aliphatic rings. The maximum atomic E-state index is 11.9. The fraction of sp³-hybridized carbons (Fsp3) is 0.0588. The summed E-state index contributed by atoms with van der Waals surface area (Å²) in [6, 6.07) is 14.7. The van der Waals surface area contributed by atoms with Crippen molar-refractivity contribution in [2.24, 2.45) is 0 Å². The molecular weight excluding hydrogens is 412 g/mol. The van der Waals surface area contributed by atoms with Crippen molar-refractivity contribution in [1.82, 2.24) is 4.98 Å². The van der Waals surface area contributed by atoms with Crippen LogP contribution in [0.25, 0.3) is 11.3 Å². The Labute approximate surface area is 156 Å². The van der Waals surface area contributed by atoms with Gasteiger partial charge in [-0.1, -0.05) is 39.7 Å². The van der Waals surface area contributed by atoms with Crippen LogP contribution in [0, 0.1) is 0 Å². The first-order valence-electron chi connectivity index (χ1n) is 7.00. The number of carbonyl (C=O) groups is 1. The molecule has 0 bridgehead atoms. The first-order valence-corrected chi connectivity index (χ1v) is 9.05. The molecule has 3 aromatic rings. The summed E-state index contributed by atoms with van der Waals surface area (Å²) in [4.78, 5) is 16.3. The Hall–Kier alpha value is -1.89. The van der Waals surface area contributed by atoms with Gasteiger partial charge in [0.05, 0.1) is 5.69 Å². The van der Waals surface area contributed by atoms with Crippen molar-refractivity contribution in [2.45, 2.75) is 0 Å². The number of thiazole rings is 1. The molecule has 0 unspecified atom stereocenters. The minimum atomic E-state index is -0.255. The molecule has 122 valence electrons. The average Bonchev–Trinajstić information content (AvgIpc) is 3.03. The molecule has 1 N–H and O–H groups in total. The molecule has 0 spiro atoms. The van der Waals surface area contributed by atoms with Crippen LogP contribution >= 0.6 is 38.9 Å². The van der Waals surface area contributed by atoms with E-state index in [4.69, 9.17) is 16.3 Å². The van der Waals surface area contributed by atoms with Gasteiger partial charge in [0.25, 0.3) is 5.91 Å². The molecule has 0 atom stereocenters. The number of rotatable bonds is 5. The van der Waals surface area contributed by atoms with Crippen molar-refractivity contribution in [3.8, 4) is 17.0 Å². The minimum Gasteiger partial charge on any atom is -0.484 e. The third-order valence-electron chi connectivity index (χ3n) is 3.07. The summed E-state index contributed by atoms with van der Waals surface area (Å²) in [5, 5.41) is 5.82. The molecule has 3 rings (SSSR count). The van der Waals surface area contributed by atoms with Gasteiger partial charge in [-0.3, -0.25) is 10.1 Å². The van der Waals surface area contributed by atoms with E-state index in [2.05, 4.69) is 26.2 Å². The maximum Gasteiger partial charge on any atom is 0.264 e. The van der Waals surface area contributed by atoms with E-state index < -0.39 is 0 Å². The Balaban J connectivity index is 1.57. The van der Waals surface area contributed by atoms with Crippen LogP contribution in [0.4, 0.5) is 5.13 Å². The Bertz CT molecular complexity index is 835. The summed E-state index contributed by atoms with van der Waals surface area (Å²) in [7, 11) is 0. The SMILES string of the molecule is O=C(COc1ccc(Br)cc1)Nc1nc(-c2ccc(Cl)cc2)cs1. The van der Waals surface area contributed by atoms with Gasteiger partial charge in [0.1, 0.15) is 5.75 Å². The van der Waals surface area contributed by atoms with Gasteiger partial charge < -0.3 is 4.74 Å². The molecule has 0 fully saturated rings. The van der Waals surface area contributed by atoms with Crippen molar-refractivity contribution in [1.29, 1.82) is 0 Å². The first-order chi connectivity index (χ1) is 11.6. The van der Waals surface area contributed by atoms with Crippen molar-refractivity contribution in [3.63, 3.8) is 0 Å². The highest BCUT2D eigenvalue weighted by Gasteiger charge is 2.09. The lowest BCUT2D eigenvalue weighted by atomic mass is 10.2. The number of amides is 1. The molecule has 0 radical (unpaired) electrons. The first kappa shape index (κ1) is 17.0. The lowest BCUT2D eigenvalue weighted by molar-refractivity contribution is -0.118. The molecule has 7 heteroatoms. The summed E-state index contributed by atoms with van der Waals surface area (Å²) in [6.45, 7) is -0.0719. The summed E-state index contributed by atoms with van der Waals surface area (Å²) in [6.07, 6.45) is 0. The van der Waals surface area contributed by atoms with Crippen molar-refractivity contribution in [3.05, 3.63) is 63.4 Å². The number of anilines is 1. The van der Waals surface area contributed by atoms with Crippen LogP contribution in [0.2, 0.25) is 5.02 Å². The average molecular weight is 424 g/mol. The Morgan fingerprint density at radius 2 is 1.88 bits per heavy atom. The van der Waals surface area contributed by atoms with Gasteiger partial charge in [-0.2, -0.15) is 0 Å². The fourth-order valence-corrected chi connectivity index (χ4v) is 3.05. The maximum absolute atomic E-state index is 11.9. The molecule has 4 nitrogen and oxygen atoms in total. The molecule has 1 amide bonds. The van der Waals surface area contributed by atoms with E-state index in [0.29, 0.717) is 15.9 Å². The number of ether oxygens (including phenoxy) is 1. The minimum absolute atomic E-state index is 0.0719. The molecule has 0 aliphatic heterocycles. The van der Waals surface area contributed by atoms with E-state index in [1.807, 2.05) is 29.6 Å². The van der Waals surface area contributed by atoms with Gasteiger partial charge in [-0.05, 0) is 36.4 Å². The molecule has 1 heterocycles. The molecule has 2 aromatic carbocycles. The lowest BCUT2D eigenvalue weighted by Crippen LogP contribution is -2.20. The van der Waals surface area contributed by atoms with Crippen LogP contribution < -0.4 is 10.1 Å². The van der Waals surface area contributed by atoms with Crippen molar-refractivity contribution >= 4 is 49.9 Å². The van der Waals surface area contributed by atoms with Gasteiger partial charge in [-0.25, -0.2) is 4.98 Å². The third-order valence-corrected chi connectivity index (χ3v) is 4.61. The summed E-state index contributed by atoms with van der Waals surface area (Å²) >= 11 is 10.6. The zero-order chi connectivity index (χ0) is 16.9. The number of halogens is 2. The zero-order valence-corrected chi connectivity index (χ0v) is 15.5. The zero-order valence-electron chi connectivity index (χ0n) is 12.3. The van der Waals surface area contributed by atoms with Gasteiger partial charge in [0.15, 0.2) is 11.7 Å². The fourth-order valence-electron chi connectivity index (χ4n) is 1.92. The van der Waals surface area contributed by atoms with E-state index in [1.54, 1.807) is 24.3 Å². The van der Waals surface area contributed by atoms with E-state index in [1.165, 1.54) is 11.3 Å². The molecule has 0 saturated carbocycles. The normalized spacial score (nSPS) is 10.4. The predicted molar refractivity (Wildman–Crippen MR) is 101 cm³/mol. The van der Waals surface area contributed by atoms with Crippen molar-refractivity contribution in [2.75, 3.05) is 11.9 Å². The lowest BCUT2D eigenvalue weighted by Gasteiger charge is -2.05. The van der Waals surface area contributed by atoms with E-state index >= 15 is 0 Å². The van der Waals surface area contributed by atoms with Gasteiger partial charge in [-0.15, -0.1) is 11.3 Å². The Kier molecular flexibility index (Phi) is 5.50. The van der Waals surface area contributed by atoms with Gasteiger partial charge >= 0.3 is 0 Å². The molecule has 0 saturated heterocycles. The topological polar surface area (TPSA) is 51.2 Å². The van der Waals surface area contributed by atoms with Crippen molar-refractivity contribution < 1.29 is 9.53 Å². The number of benzene rings is 2. The molecule has 24 heavy (non-hydrogen) atoms.